The molecule has 4 rings (SSSR count). The number of nitrogens with zero attached hydrogens (tertiary/aromatic N) is 2. The summed E-state index contributed by atoms with van der Waals surface area (Å²) >= 11 is 0. The Hall–Kier alpha value is -4.40. The van der Waals surface area contributed by atoms with Gasteiger partial charge in [-0.25, -0.2) is 4.98 Å². The number of aromatic nitrogens is 2. The number of benzene rings is 3. The van der Waals surface area contributed by atoms with E-state index in [9.17, 15) is 22.8 Å². The fourth-order valence-corrected chi connectivity index (χ4v) is 3.43. The molecule has 0 spiro atoms. The molecular formula is C25H19F3N4O2. The molecule has 9 heteroatoms. The predicted octanol–water partition coefficient (Wildman–Crippen LogP) is 5.73. The van der Waals surface area contributed by atoms with E-state index in [0.717, 1.165) is 23.8 Å². The Morgan fingerprint density at radius 1 is 1.00 bits per heavy atom. The summed E-state index contributed by atoms with van der Waals surface area (Å²) in [5.74, 6) is -0.939. The number of anilines is 2. The van der Waals surface area contributed by atoms with Crippen LogP contribution < -0.4 is 10.6 Å². The van der Waals surface area contributed by atoms with Crippen molar-refractivity contribution >= 4 is 34.5 Å². The van der Waals surface area contributed by atoms with Crippen LogP contribution >= 0.6 is 0 Å². The number of alkyl halides is 3. The highest BCUT2D eigenvalue weighted by Gasteiger charge is 2.31. The second kappa shape index (κ2) is 8.86. The minimum Gasteiger partial charge on any atom is -0.323 e. The summed E-state index contributed by atoms with van der Waals surface area (Å²) in [6, 6.07) is 16.5. The van der Waals surface area contributed by atoms with Gasteiger partial charge < -0.3 is 5.32 Å². The second-order valence-corrected chi connectivity index (χ2v) is 7.54. The normalized spacial score (nSPS) is 11.3. The average Bonchev–Trinajstić information content (AvgIpc) is 3.15. The lowest BCUT2D eigenvalue weighted by molar-refractivity contribution is -0.137. The third-order valence-corrected chi connectivity index (χ3v) is 5.07. The molecule has 0 fully saturated rings. The minimum atomic E-state index is -4.57. The van der Waals surface area contributed by atoms with Crippen LogP contribution in [0.4, 0.5) is 24.8 Å². The maximum Gasteiger partial charge on any atom is 0.416 e. The van der Waals surface area contributed by atoms with Gasteiger partial charge in [-0.05, 0) is 73.2 Å². The largest absolute Gasteiger partial charge is 0.416 e. The number of amides is 2. The molecule has 0 bridgehead atoms. The van der Waals surface area contributed by atoms with Crippen LogP contribution in [0.2, 0.25) is 0 Å². The van der Waals surface area contributed by atoms with Gasteiger partial charge in [0, 0.05) is 16.9 Å². The smallest absolute Gasteiger partial charge is 0.323 e. The molecule has 2 amide bonds. The maximum absolute atomic E-state index is 13.1. The molecule has 1 heterocycles. The van der Waals surface area contributed by atoms with Gasteiger partial charge in [-0.15, -0.1) is 0 Å². The summed E-state index contributed by atoms with van der Waals surface area (Å²) in [6.45, 7) is 5.31. The van der Waals surface area contributed by atoms with Crippen molar-refractivity contribution in [2.24, 2.45) is 0 Å². The fraction of sp³-hybridized carbons (Fsp3) is 0.0800. The molecule has 0 radical (unpaired) electrons. The first-order valence-electron chi connectivity index (χ1n) is 10.2. The molecule has 172 valence electrons. The molecule has 0 aliphatic carbocycles. The SMILES string of the molecule is C=CC(=O)Nc1ccc(-n2c(NC(=O)c3cccc(C(F)(F)F)c3)nc3cc(C)ccc32)cc1. The van der Waals surface area contributed by atoms with Gasteiger partial charge in [-0.1, -0.05) is 18.7 Å². The van der Waals surface area contributed by atoms with Crippen molar-refractivity contribution < 1.29 is 22.8 Å². The monoisotopic (exact) mass is 464 g/mol. The number of hydrogen-bond donors (Lipinski definition) is 2. The highest BCUT2D eigenvalue weighted by Crippen LogP contribution is 2.30. The van der Waals surface area contributed by atoms with Crippen LogP contribution in [0, 0.1) is 6.92 Å². The highest BCUT2D eigenvalue weighted by atomic mass is 19.4. The summed E-state index contributed by atoms with van der Waals surface area (Å²) in [7, 11) is 0. The number of nitrogens with one attached hydrogen (secondary N) is 2. The van der Waals surface area contributed by atoms with E-state index in [-0.39, 0.29) is 17.4 Å². The average molecular weight is 464 g/mol. The molecule has 0 saturated heterocycles. The Labute approximate surface area is 192 Å². The van der Waals surface area contributed by atoms with Crippen molar-refractivity contribution in [1.29, 1.82) is 0 Å². The fourth-order valence-electron chi connectivity index (χ4n) is 3.43. The Balaban J connectivity index is 1.74. The van der Waals surface area contributed by atoms with E-state index in [0.29, 0.717) is 22.4 Å². The van der Waals surface area contributed by atoms with Gasteiger partial charge in [0.15, 0.2) is 0 Å². The third-order valence-electron chi connectivity index (χ3n) is 5.07. The number of imidazole rings is 1. The van der Waals surface area contributed by atoms with Gasteiger partial charge >= 0.3 is 6.18 Å². The van der Waals surface area contributed by atoms with Crippen LogP contribution in [-0.4, -0.2) is 21.4 Å². The Bertz CT molecular complexity index is 1410. The molecule has 3 aromatic carbocycles. The quantitative estimate of drug-likeness (QED) is 0.371. The van der Waals surface area contributed by atoms with Crippen molar-refractivity contribution in [2.75, 3.05) is 10.6 Å². The van der Waals surface area contributed by atoms with Gasteiger partial charge in [0.25, 0.3) is 5.91 Å². The molecule has 0 unspecified atom stereocenters. The van der Waals surface area contributed by atoms with Crippen LogP contribution in [0.15, 0.2) is 79.4 Å². The number of rotatable bonds is 5. The van der Waals surface area contributed by atoms with Crippen LogP contribution in [0.5, 0.6) is 0 Å². The number of aryl methyl sites for hydroxylation is 1. The molecule has 0 atom stereocenters. The van der Waals surface area contributed by atoms with Crippen LogP contribution in [-0.2, 0) is 11.0 Å². The summed E-state index contributed by atoms with van der Waals surface area (Å²) in [4.78, 5) is 28.9. The van der Waals surface area contributed by atoms with Crippen molar-refractivity contribution in [1.82, 2.24) is 9.55 Å². The Morgan fingerprint density at radius 3 is 2.41 bits per heavy atom. The summed E-state index contributed by atoms with van der Waals surface area (Å²) < 4.78 is 40.9. The topological polar surface area (TPSA) is 76.0 Å². The third kappa shape index (κ3) is 4.68. The Kier molecular flexibility index (Phi) is 5.93. The highest BCUT2D eigenvalue weighted by molar-refractivity contribution is 6.04. The van der Waals surface area contributed by atoms with Crippen molar-refractivity contribution in [3.63, 3.8) is 0 Å². The van der Waals surface area contributed by atoms with E-state index in [2.05, 4.69) is 22.2 Å². The molecule has 0 aliphatic heterocycles. The lowest BCUT2D eigenvalue weighted by Gasteiger charge is -2.12. The molecule has 6 nitrogen and oxygen atoms in total. The standard InChI is InChI=1S/C25H19F3N4O2/c1-3-22(33)29-18-8-10-19(11-9-18)32-21-12-7-15(2)13-20(21)30-24(32)31-23(34)16-5-4-6-17(14-16)25(26,27)28/h3-14H,1H2,2H3,(H,29,33)(H,30,31,34). The van der Waals surface area contributed by atoms with E-state index < -0.39 is 17.6 Å². The molecule has 4 aromatic rings. The van der Waals surface area contributed by atoms with Gasteiger partial charge in [0.05, 0.1) is 16.6 Å². The van der Waals surface area contributed by atoms with Crippen molar-refractivity contribution in [2.45, 2.75) is 13.1 Å². The lowest BCUT2D eigenvalue weighted by Crippen LogP contribution is -2.16. The summed E-state index contributed by atoms with van der Waals surface area (Å²) in [5, 5.41) is 5.28. The van der Waals surface area contributed by atoms with E-state index in [1.54, 1.807) is 28.8 Å². The zero-order chi connectivity index (χ0) is 24.5. The molecule has 2 N–H and O–H groups in total. The summed E-state index contributed by atoms with van der Waals surface area (Å²) in [5.41, 5.74) is 2.35. The molecule has 34 heavy (non-hydrogen) atoms. The van der Waals surface area contributed by atoms with Crippen LogP contribution in [0.1, 0.15) is 21.5 Å². The minimum absolute atomic E-state index is 0.144. The first kappa shape index (κ1) is 22.8. The van der Waals surface area contributed by atoms with Gasteiger partial charge in [-0.2, -0.15) is 13.2 Å². The first-order valence-corrected chi connectivity index (χ1v) is 10.2. The van der Waals surface area contributed by atoms with Crippen molar-refractivity contribution in [3.05, 3.63) is 96.1 Å². The second-order valence-electron chi connectivity index (χ2n) is 7.54. The predicted molar refractivity (Wildman–Crippen MR) is 124 cm³/mol. The lowest BCUT2D eigenvalue weighted by atomic mass is 10.1. The Morgan fingerprint density at radius 2 is 1.74 bits per heavy atom. The number of halogens is 3. The maximum atomic E-state index is 13.1. The molecular weight excluding hydrogens is 445 g/mol. The van der Waals surface area contributed by atoms with Crippen molar-refractivity contribution in [3.8, 4) is 5.69 Å². The number of carbonyl (C=O) groups is 2. The summed E-state index contributed by atoms with van der Waals surface area (Å²) in [6.07, 6.45) is -3.41. The van der Waals surface area contributed by atoms with Gasteiger partial charge in [0.2, 0.25) is 11.9 Å². The zero-order valence-electron chi connectivity index (χ0n) is 18.0. The van der Waals surface area contributed by atoms with E-state index >= 15 is 0 Å². The molecule has 1 aromatic heterocycles. The van der Waals surface area contributed by atoms with E-state index in [1.165, 1.54) is 12.1 Å². The van der Waals surface area contributed by atoms with E-state index in [1.807, 2.05) is 25.1 Å². The van der Waals surface area contributed by atoms with Crippen LogP contribution in [0.25, 0.3) is 16.7 Å². The molecule has 0 aliphatic rings. The zero-order valence-corrected chi connectivity index (χ0v) is 18.0. The number of fused-ring (bicyclic) bond motifs is 1. The first-order chi connectivity index (χ1) is 16.2. The van der Waals surface area contributed by atoms with Crippen LogP contribution in [0.3, 0.4) is 0 Å². The number of carbonyl (C=O) groups excluding carboxylic acids is 2. The van der Waals surface area contributed by atoms with Gasteiger partial charge in [-0.3, -0.25) is 19.5 Å². The number of hydrogen-bond acceptors (Lipinski definition) is 3. The van der Waals surface area contributed by atoms with Gasteiger partial charge in [0.1, 0.15) is 0 Å². The molecule has 0 saturated carbocycles. The van der Waals surface area contributed by atoms with E-state index in [4.69, 9.17) is 0 Å².